The van der Waals surface area contributed by atoms with Crippen molar-refractivity contribution >= 4 is 11.4 Å². The van der Waals surface area contributed by atoms with Gasteiger partial charge in [0.25, 0.3) is 0 Å². The summed E-state index contributed by atoms with van der Waals surface area (Å²) in [6, 6.07) is 7.92. The van der Waals surface area contributed by atoms with Gasteiger partial charge >= 0.3 is 0 Å². The number of hydrogen-bond donors (Lipinski definition) is 0. The monoisotopic (exact) mass is 196 g/mol. The average Bonchev–Trinajstić information content (AvgIpc) is 2.48. The van der Waals surface area contributed by atoms with Gasteiger partial charge in [0.1, 0.15) is 0 Å². The molecule has 1 nitrogen and oxygen atoms in total. The first kappa shape index (κ1) is 8.66. The fourth-order valence-electron chi connectivity index (χ4n) is 2.40. The van der Waals surface area contributed by atoms with Crippen LogP contribution < -0.4 is 0 Å². The van der Waals surface area contributed by atoms with Gasteiger partial charge in [0.15, 0.2) is 5.78 Å². The minimum atomic E-state index is 0.243. The van der Waals surface area contributed by atoms with Gasteiger partial charge in [-0.3, -0.25) is 4.79 Å². The van der Waals surface area contributed by atoms with Crippen LogP contribution in [0.25, 0.3) is 5.57 Å². The van der Waals surface area contributed by atoms with E-state index in [0.29, 0.717) is 0 Å². The molecule has 0 N–H and O–H groups in total. The molecule has 1 aromatic rings. The number of fused-ring (bicyclic) bond motifs is 2. The second-order valence-corrected chi connectivity index (χ2v) is 4.06. The molecule has 0 aliphatic heterocycles. The normalized spacial score (nSPS) is 18.8. The minimum absolute atomic E-state index is 0.243. The van der Waals surface area contributed by atoms with Crippen molar-refractivity contribution in [3.05, 3.63) is 53.1 Å². The van der Waals surface area contributed by atoms with Crippen LogP contribution in [0.5, 0.6) is 0 Å². The maximum absolute atomic E-state index is 12.1. The highest BCUT2D eigenvalue weighted by Gasteiger charge is 2.27. The summed E-state index contributed by atoms with van der Waals surface area (Å²) in [6.07, 6.45) is 7.40. The summed E-state index contributed by atoms with van der Waals surface area (Å²) in [7, 11) is 0. The van der Waals surface area contributed by atoms with E-state index in [1.165, 1.54) is 0 Å². The summed E-state index contributed by atoms with van der Waals surface area (Å²) in [5.74, 6) is 0.243. The molecular formula is C14H12O. The predicted octanol–water partition coefficient (Wildman–Crippen LogP) is 3.38. The fourth-order valence-corrected chi connectivity index (χ4v) is 2.40. The molecule has 2 aliphatic carbocycles. The zero-order chi connectivity index (χ0) is 10.3. The number of hydrogen-bond acceptors (Lipinski definition) is 1. The standard InChI is InChI=1S/C14H12O/c15-14-12-8-3-1-2-6-10(12)11-7-4-5-9-13(11)14/h2,4-7,9H,1,3,8H2. The van der Waals surface area contributed by atoms with Gasteiger partial charge in [0.2, 0.25) is 0 Å². The quantitative estimate of drug-likeness (QED) is 0.621. The van der Waals surface area contributed by atoms with Crippen molar-refractivity contribution in [3.8, 4) is 0 Å². The Labute approximate surface area is 89.1 Å². The van der Waals surface area contributed by atoms with Crippen LogP contribution in [0.3, 0.4) is 0 Å². The largest absolute Gasteiger partial charge is 0.289 e. The third-order valence-electron chi connectivity index (χ3n) is 3.14. The molecule has 0 unspecified atom stereocenters. The lowest BCUT2D eigenvalue weighted by atomic mass is 10.1. The number of carbonyl (C=O) groups is 1. The lowest BCUT2D eigenvalue weighted by Crippen LogP contribution is -1.98. The van der Waals surface area contributed by atoms with E-state index in [0.717, 1.165) is 41.5 Å². The van der Waals surface area contributed by atoms with Crippen LogP contribution in [-0.2, 0) is 0 Å². The molecule has 0 amide bonds. The van der Waals surface area contributed by atoms with E-state index in [-0.39, 0.29) is 5.78 Å². The molecule has 0 atom stereocenters. The molecule has 0 bridgehead atoms. The molecule has 74 valence electrons. The number of benzene rings is 1. The van der Waals surface area contributed by atoms with E-state index < -0.39 is 0 Å². The van der Waals surface area contributed by atoms with E-state index >= 15 is 0 Å². The minimum Gasteiger partial charge on any atom is -0.289 e. The van der Waals surface area contributed by atoms with Gasteiger partial charge < -0.3 is 0 Å². The second-order valence-electron chi connectivity index (χ2n) is 4.06. The van der Waals surface area contributed by atoms with E-state index in [4.69, 9.17) is 0 Å². The summed E-state index contributed by atoms with van der Waals surface area (Å²) < 4.78 is 0. The van der Waals surface area contributed by atoms with Gasteiger partial charge in [-0.1, -0.05) is 36.4 Å². The van der Waals surface area contributed by atoms with Crippen molar-refractivity contribution in [2.45, 2.75) is 19.3 Å². The second kappa shape index (κ2) is 3.20. The third-order valence-corrected chi connectivity index (χ3v) is 3.14. The van der Waals surface area contributed by atoms with Crippen LogP contribution in [-0.4, -0.2) is 5.78 Å². The summed E-state index contributed by atoms with van der Waals surface area (Å²) in [4.78, 5) is 12.1. The van der Waals surface area contributed by atoms with Gasteiger partial charge in [-0.25, -0.2) is 0 Å². The number of Topliss-reactive ketones (excluding diaryl/α,β-unsaturated/α-hetero) is 1. The van der Waals surface area contributed by atoms with Crippen molar-refractivity contribution in [2.24, 2.45) is 0 Å². The van der Waals surface area contributed by atoms with Gasteiger partial charge in [-0.2, -0.15) is 0 Å². The van der Waals surface area contributed by atoms with Gasteiger partial charge in [0.05, 0.1) is 0 Å². The van der Waals surface area contributed by atoms with E-state index in [2.05, 4.69) is 12.2 Å². The van der Waals surface area contributed by atoms with Crippen molar-refractivity contribution < 1.29 is 4.79 Å². The Kier molecular flexibility index (Phi) is 1.84. The molecule has 1 aromatic carbocycles. The van der Waals surface area contributed by atoms with Crippen LogP contribution in [0.4, 0.5) is 0 Å². The molecule has 0 aromatic heterocycles. The van der Waals surface area contributed by atoms with Crippen molar-refractivity contribution in [1.29, 1.82) is 0 Å². The molecule has 0 heterocycles. The molecule has 0 fully saturated rings. The molecule has 15 heavy (non-hydrogen) atoms. The number of ketones is 1. The highest BCUT2D eigenvalue weighted by Crippen LogP contribution is 2.37. The highest BCUT2D eigenvalue weighted by molar-refractivity contribution is 6.22. The first-order chi connectivity index (χ1) is 7.38. The molecule has 0 saturated heterocycles. The zero-order valence-corrected chi connectivity index (χ0v) is 8.49. The van der Waals surface area contributed by atoms with Crippen LogP contribution in [0.1, 0.15) is 35.2 Å². The zero-order valence-electron chi connectivity index (χ0n) is 8.49. The lowest BCUT2D eigenvalue weighted by Gasteiger charge is -1.98. The van der Waals surface area contributed by atoms with Crippen molar-refractivity contribution in [2.75, 3.05) is 0 Å². The summed E-state index contributed by atoms with van der Waals surface area (Å²) in [5.41, 5.74) is 4.18. The molecule has 0 spiro atoms. The van der Waals surface area contributed by atoms with Gasteiger partial charge in [-0.15, -0.1) is 0 Å². The first-order valence-electron chi connectivity index (χ1n) is 5.42. The summed E-state index contributed by atoms with van der Waals surface area (Å²) in [5, 5.41) is 0. The maximum atomic E-state index is 12.1. The Bertz CT molecular complexity index is 492. The molecule has 1 heteroatoms. The third kappa shape index (κ3) is 1.19. The SMILES string of the molecule is O=C1C2=C(C=CCCC2)c2ccccc21. The number of rotatable bonds is 0. The van der Waals surface area contributed by atoms with Crippen LogP contribution >= 0.6 is 0 Å². The number of allylic oxidation sites excluding steroid dienone is 4. The number of carbonyl (C=O) groups excluding carboxylic acids is 1. The summed E-state index contributed by atoms with van der Waals surface area (Å²) >= 11 is 0. The van der Waals surface area contributed by atoms with E-state index in [1.54, 1.807) is 0 Å². The average molecular weight is 196 g/mol. The van der Waals surface area contributed by atoms with Gasteiger partial charge in [-0.05, 0) is 30.4 Å². The fraction of sp³-hybridized carbons (Fsp3) is 0.214. The Hall–Kier alpha value is -1.63. The molecule has 2 aliphatic rings. The van der Waals surface area contributed by atoms with E-state index in [9.17, 15) is 4.79 Å². The van der Waals surface area contributed by atoms with Crippen molar-refractivity contribution in [1.82, 2.24) is 0 Å². The molecule has 0 radical (unpaired) electrons. The molecule has 3 rings (SSSR count). The van der Waals surface area contributed by atoms with Crippen LogP contribution in [0.15, 0.2) is 42.0 Å². The Balaban J connectivity index is 2.23. The topological polar surface area (TPSA) is 17.1 Å². The smallest absolute Gasteiger partial charge is 0.190 e. The Morgan fingerprint density at radius 2 is 1.87 bits per heavy atom. The maximum Gasteiger partial charge on any atom is 0.190 e. The van der Waals surface area contributed by atoms with Crippen LogP contribution in [0, 0.1) is 0 Å². The van der Waals surface area contributed by atoms with Crippen LogP contribution in [0.2, 0.25) is 0 Å². The Morgan fingerprint density at radius 3 is 2.73 bits per heavy atom. The summed E-state index contributed by atoms with van der Waals surface area (Å²) in [6.45, 7) is 0. The van der Waals surface area contributed by atoms with Crippen molar-refractivity contribution in [3.63, 3.8) is 0 Å². The Morgan fingerprint density at radius 1 is 1.07 bits per heavy atom. The van der Waals surface area contributed by atoms with Gasteiger partial charge in [0, 0.05) is 11.1 Å². The predicted molar refractivity (Wildman–Crippen MR) is 60.7 cm³/mol. The molecule has 0 saturated carbocycles. The lowest BCUT2D eigenvalue weighted by molar-refractivity contribution is 0.103. The first-order valence-corrected chi connectivity index (χ1v) is 5.42. The highest BCUT2D eigenvalue weighted by atomic mass is 16.1. The van der Waals surface area contributed by atoms with E-state index in [1.807, 2.05) is 24.3 Å². The molecular weight excluding hydrogens is 184 g/mol.